The van der Waals surface area contributed by atoms with Crippen LogP contribution in [0.4, 0.5) is 4.79 Å². The van der Waals surface area contributed by atoms with Crippen molar-refractivity contribution in [3.63, 3.8) is 0 Å². The lowest BCUT2D eigenvalue weighted by Crippen LogP contribution is -2.43. The van der Waals surface area contributed by atoms with Gasteiger partial charge < -0.3 is 15.2 Å². The number of carbonyl (C=O) groups excluding carboxylic acids is 1. The predicted octanol–water partition coefficient (Wildman–Crippen LogP) is 3.09. The van der Waals surface area contributed by atoms with Crippen molar-refractivity contribution in [2.24, 2.45) is 0 Å². The molecule has 0 atom stereocenters. The summed E-state index contributed by atoms with van der Waals surface area (Å²) in [5.74, 6) is 1.11. The Bertz CT molecular complexity index is 501. The molecular formula is C17H28N4O. The lowest BCUT2D eigenvalue weighted by atomic mass is 9.92. The van der Waals surface area contributed by atoms with Gasteiger partial charge in [0, 0.05) is 36.9 Å². The largest absolute Gasteiger partial charge is 0.338 e. The molecule has 0 unspecified atom stereocenters. The van der Waals surface area contributed by atoms with Gasteiger partial charge in [0.05, 0.1) is 0 Å². The molecule has 1 aromatic rings. The third kappa shape index (κ3) is 3.62. The Balaban J connectivity index is 1.43. The average Bonchev–Trinajstić information content (AvgIpc) is 2.80. The molecule has 22 heavy (non-hydrogen) atoms. The molecule has 5 heteroatoms. The summed E-state index contributed by atoms with van der Waals surface area (Å²) < 4.78 is 2.37. The highest BCUT2D eigenvalue weighted by molar-refractivity contribution is 5.74. The zero-order valence-electron chi connectivity index (χ0n) is 13.6. The summed E-state index contributed by atoms with van der Waals surface area (Å²) in [6.45, 7) is 2.78. The van der Waals surface area contributed by atoms with Crippen LogP contribution in [0.3, 0.4) is 0 Å². The van der Waals surface area contributed by atoms with E-state index in [1.54, 1.807) is 0 Å². The van der Waals surface area contributed by atoms with Gasteiger partial charge in [-0.2, -0.15) is 0 Å². The molecule has 5 nitrogen and oxygen atoms in total. The number of nitrogens with one attached hydrogen (secondary N) is 2. The van der Waals surface area contributed by atoms with E-state index in [2.05, 4.69) is 27.1 Å². The highest BCUT2D eigenvalue weighted by Crippen LogP contribution is 2.33. The molecule has 0 radical (unpaired) electrons. The van der Waals surface area contributed by atoms with E-state index in [1.165, 1.54) is 44.2 Å². The van der Waals surface area contributed by atoms with Gasteiger partial charge in [0.25, 0.3) is 0 Å². The van der Waals surface area contributed by atoms with E-state index >= 15 is 0 Å². The molecule has 2 amide bonds. The summed E-state index contributed by atoms with van der Waals surface area (Å²) >= 11 is 0. The van der Waals surface area contributed by atoms with Crippen molar-refractivity contribution in [1.29, 1.82) is 0 Å². The van der Waals surface area contributed by atoms with Crippen molar-refractivity contribution in [2.45, 2.75) is 76.8 Å². The van der Waals surface area contributed by atoms with Gasteiger partial charge in [-0.25, -0.2) is 9.78 Å². The molecule has 2 N–H and O–H groups in total. The summed E-state index contributed by atoms with van der Waals surface area (Å²) in [6, 6.07) is 0.979. The fraction of sp³-hybridized carbons (Fsp3) is 0.765. The number of nitrogens with zero attached hydrogens (tertiary/aromatic N) is 2. The van der Waals surface area contributed by atoms with Crippen LogP contribution in [-0.2, 0) is 6.42 Å². The molecule has 0 aromatic carbocycles. The lowest BCUT2D eigenvalue weighted by molar-refractivity contribution is 0.232. The van der Waals surface area contributed by atoms with Gasteiger partial charge in [0.1, 0.15) is 5.82 Å². The average molecular weight is 304 g/mol. The summed E-state index contributed by atoms with van der Waals surface area (Å²) in [4.78, 5) is 16.5. The molecule has 0 bridgehead atoms. The van der Waals surface area contributed by atoms with E-state index in [4.69, 9.17) is 0 Å². The summed E-state index contributed by atoms with van der Waals surface area (Å²) in [5, 5.41) is 6.08. The highest BCUT2D eigenvalue weighted by atomic mass is 16.2. The Hall–Kier alpha value is -1.52. The van der Waals surface area contributed by atoms with Crippen molar-refractivity contribution in [3.05, 3.63) is 17.7 Å². The number of rotatable bonds is 5. The molecule has 2 aliphatic rings. The Morgan fingerprint density at radius 3 is 2.68 bits per heavy atom. The van der Waals surface area contributed by atoms with Gasteiger partial charge in [-0.1, -0.05) is 19.3 Å². The smallest absolute Gasteiger partial charge is 0.315 e. The van der Waals surface area contributed by atoms with E-state index < -0.39 is 0 Å². The van der Waals surface area contributed by atoms with Gasteiger partial charge in [0.15, 0.2) is 0 Å². The van der Waals surface area contributed by atoms with Crippen LogP contribution in [0.15, 0.2) is 6.20 Å². The van der Waals surface area contributed by atoms with Crippen LogP contribution in [-0.4, -0.2) is 28.2 Å². The van der Waals surface area contributed by atoms with E-state index in [-0.39, 0.29) is 6.03 Å². The molecule has 0 saturated heterocycles. The molecule has 2 saturated carbocycles. The van der Waals surface area contributed by atoms with Crippen molar-refractivity contribution >= 4 is 6.03 Å². The van der Waals surface area contributed by atoms with Crippen LogP contribution < -0.4 is 10.6 Å². The molecule has 0 spiro atoms. The zero-order valence-corrected chi connectivity index (χ0v) is 13.6. The van der Waals surface area contributed by atoms with Gasteiger partial charge in [0.2, 0.25) is 0 Å². The molecule has 2 aliphatic carbocycles. The number of carbonyl (C=O) groups is 1. The molecule has 122 valence electrons. The van der Waals surface area contributed by atoms with Crippen molar-refractivity contribution in [2.75, 3.05) is 6.54 Å². The Kier molecular flexibility index (Phi) is 5.01. The van der Waals surface area contributed by atoms with Gasteiger partial charge >= 0.3 is 6.03 Å². The minimum atomic E-state index is -0.0228. The first-order chi connectivity index (χ1) is 10.7. The maximum Gasteiger partial charge on any atom is 0.315 e. The minimum Gasteiger partial charge on any atom is -0.338 e. The fourth-order valence-corrected chi connectivity index (χ4v) is 3.60. The molecule has 2 fully saturated rings. The molecule has 0 aliphatic heterocycles. The second-order valence-electron chi connectivity index (χ2n) is 6.76. The number of hydrogen-bond acceptors (Lipinski definition) is 2. The van der Waals surface area contributed by atoms with Crippen molar-refractivity contribution in [1.82, 2.24) is 20.2 Å². The Morgan fingerprint density at radius 2 is 2.00 bits per heavy atom. The van der Waals surface area contributed by atoms with E-state index in [0.717, 1.165) is 25.1 Å². The number of urea groups is 1. The van der Waals surface area contributed by atoms with Crippen LogP contribution in [0.1, 0.15) is 68.9 Å². The van der Waals surface area contributed by atoms with Crippen LogP contribution in [0, 0.1) is 6.92 Å². The Labute approximate surface area is 132 Å². The van der Waals surface area contributed by atoms with Crippen LogP contribution in [0.5, 0.6) is 0 Å². The quantitative estimate of drug-likeness (QED) is 0.878. The van der Waals surface area contributed by atoms with Gasteiger partial charge in [-0.3, -0.25) is 0 Å². The monoisotopic (exact) mass is 304 g/mol. The van der Waals surface area contributed by atoms with Crippen LogP contribution in [0.2, 0.25) is 0 Å². The van der Waals surface area contributed by atoms with E-state index in [0.29, 0.717) is 18.6 Å². The van der Waals surface area contributed by atoms with E-state index in [9.17, 15) is 4.79 Å². The third-order valence-corrected chi connectivity index (χ3v) is 5.07. The normalized spacial score (nSPS) is 19.7. The number of aryl methyl sites for hydroxylation is 1. The molecule has 1 aromatic heterocycles. The zero-order chi connectivity index (χ0) is 15.4. The Morgan fingerprint density at radius 1 is 1.23 bits per heavy atom. The second kappa shape index (κ2) is 7.16. The number of hydrogen-bond donors (Lipinski definition) is 2. The number of aromatic nitrogens is 2. The summed E-state index contributed by atoms with van der Waals surface area (Å²) in [5.41, 5.74) is 1.24. The first kappa shape index (κ1) is 15.4. The topological polar surface area (TPSA) is 59.0 Å². The van der Waals surface area contributed by atoms with Crippen LogP contribution >= 0.6 is 0 Å². The first-order valence-corrected chi connectivity index (χ1v) is 8.81. The highest BCUT2D eigenvalue weighted by Gasteiger charge is 2.23. The maximum atomic E-state index is 11.9. The third-order valence-electron chi connectivity index (χ3n) is 5.07. The van der Waals surface area contributed by atoms with Crippen molar-refractivity contribution in [3.8, 4) is 0 Å². The van der Waals surface area contributed by atoms with E-state index in [1.807, 2.05) is 6.20 Å². The van der Waals surface area contributed by atoms with Gasteiger partial charge in [-0.15, -0.1) is 0 Å². The number of amides is 2. The fourth-order valence-electron chi connectivity index (χ4n) is 3.60. The van der Waals surface area contributed by atoms with Crippen LogP contribution in [0.25, 0.3) is 0 Å². The number of imidazole rings is 1. The van der Waals surface area contributed by atoms with Crippen molar-refractivity contribution < 1.29 is 4.79 Å². The molecular weight excluding hydrogens is 276 g/mol. The lowest BCUT2D eigenvalue weighted by Gasteiger charge is -2.29. The summed E-state index contributed by atoms with van der Waals surface area (Å²) in [7, 11) is 0. The standard InChI is InChI=1S/C17H28N4O/c1-13-12-19-16(21(13)15-8-5-9-15)10-11-18-17(22)20-14-6-3-2-4-7-14/h12,14-15H,2-11H2,1H3,(H2,18,20,22). The second-order valence-corrected chi connectivity index (χ2v) is 6.76. The predicted molar refractivity (Wildman–Crippen MR) is 87.0 cm³/mol. The molecule has 3 rings (SSSR count). The van der Waals surface area contributed by atoms with Gasteiger partial charge in [-0.05, 0) is 39.0 Å². The molecule has 1 heterocycles. The maximum absolute atomic E-state index is 11.9. The summed E-state index contributed by atoms with van der Waals surface area (Å²) in [6.07, 6.45) is 12.6. The minimum absolute atomic E-state index is 0.0228. The first-order valence-electron chi connectivity index (χ1n) is 8.81. The SMILES string of the molecule is Cc1cnc(CCNC(=O)NC2CCCCC2)n1C1CCC1.